The third kappa shape index (κ3) is 3.35. The molecule has 1 aliphatic heterocycles. The number of halogens is 3. The van der Waals surface area contributed by atoms with Crippen LogP contribution in [0.4, 0.5) is 13.2 Å². The van der Waals surface area contributed by atoms with Crippen molar-refractivity contribution in [3.05, 3.63) is 77.4 Å². The van der Waals surface area contributed by atoms with Gasteiger partial charge in [-0.25, -0.2) is 0 Å². The molecule has 2 aromatic rings. The number of hydrogen-bond donors (Lipinski definition) is 0. The smallest absolute Gasteiger partial charge is 0.335 e. The standard InChI is InChI=1S/C19H16F3NO/c20-19(21,22)17-9-5-4-8-16(17)18(24)23-12-10-15(11-13-23)14-6-2-1-3-7-14/h1-10H,11-13H2. The number of amides is 1. The van der Waals surface area contributed by atoms with Crippen molar-refractivity contribution in [2.45, 2.75) is 12.6 Å². The second kappa shape index (κ2) is 6.51. The Labute approximate surface area is 138 Å². The topological polar surface area (TPSA) is 20.3 Å². The molecular formula is C19H16F3NO. The Morgan fingerprint density at radius 1 is 0.958 bits per heavy atom. The van der Waals surface area contributed by atoms with Gasteiger partial charge < -0.3 is 4.90 Å². The zero-order valence-electron chi connectivity index (χ0n) is 12.9. The van der Waals surface area contributed by atoms with E-state index >= 15 is 0 Å². The molecule has 0 unspecified atom stereocenters. The summed E-state index contributed by atoms with van der Waals surface area (Å²) in [6.07, 6.45) is -2.00. The lowest BCUT2D eigenvalue weighted by molar-refractivity contribution is -0.138. The summed E-state index contributed by atoms with van der Waals surface area (Å²) in [7, 11) is 0. The lowest BCUT2D eigenvalue weighted by Gasteiger charge is -2.27. The van der Waals surface area contributed by atoms with Crippen molar-refractivity contribution in [2.24, 2.45) is 0 Å². The molecule has 1 aliphatic rings. The summed E-state index contributed by atoms with van der Waals surface area (Å²) in [5, 5.41) is 0. The molecule has 0 aliphatic carbocycles. The van der Waals surface area contributed by atoms with Crippen LogP contribution in [0.1, 0.15) is 27.9 Å². The number of carbonyl (C=O) groups is 1. The van der Waals surface area contributed by atoms with Crippen LogP contribution < -0.4 is 0 Å². The van der Waals surface area contributed by atoms with Gasteiger partial charge in [0.25, 0.3) is 5.91 Å². The monoisotopic (exact) mass is 331 g/mol. The van der Waals surface area contributed by atoms with E-state index in [0.717, 1.165) is 17.2 Å². The van der Waals surface area contributed by atoms with Gasteiger partial charge in [0, 0.05) is 13.1 Å². The first-order chi connectivity index (χ1) is 11.5. The van der Waals surface area contributed by atoms with Crippen LogP contribution in [0.5, 0.6) is 0 Å². The molecule has 0 saturated carbocycles. The maximum Gasteiger partial charge on any atom is 0.417 e. The van der Waals surface area contributed by atoms with Gasteiger partial charge in [0.2, 0.25) is 0 Å². The van der Waals surface area contributed by atoms with E-state index in [1.807, 2.05) is 36.4 Å². The lowest BCUT2D eigenvalue weighted by Crippen LogP contribution is -2.35. The van der Waals surface area contributed by atoms with Gasteiger partial charge in [-0.05, 0) is 29.7 Å². The van der Waals surface area contributed by atoms with Gasteiger partial charge in [-0.3, -0.25) is 4.79 Å². The highest BCUT2D eigenvalue weighted by Gasteiger charge is 2.36. The summed E-state index contributed by atoms with van der Waals surface area (Å²) in [5.74, 6) is -0.578. The second-order valence-electron chi connectivity index (χ2n) is 5.64. The molecule has 0 fully saturated rings. The van der Waals surface area contributed by atoms with Crippen LogP contribution in [0.25, 0.3) is 5.57 Å². The molecule has 5 heteroatoms. The van der Waals surface area contributed by atoms with E-state index < -0.39 is 17.6 Å². The summed E-state index contributed by atoms with van der Waals surface area (Å²) in [4.78, 5) is 14.0. The molecule has 0 saturated heterocycles. The van der Waals surface area contributed by atoms with E-state index in [0.29, 0.717) is 19.5 Å². The Bertz CT molecular complexity index is 766. The predicted octanol–water partition coefficient (Wildman–Crippen LogP) is 4.63. The number of nitrogens with zero attached hydrogens (tertiary/aromatic N) is 1. The van der Waals surface area contributed by atoms with Crippen LogP contribution in [-0.2, 0) is 6.18 Å². The Kier molecular flexibility index (Phi) is 4.42. The van der Waals surface area contributed by atoms with E-state index in [2.05, 4.69) is 0 Å². The molecule has 2 aromatic carbocycles. The molecule has 124 valence electrons. The molecule has 1 heterocycles. The van der Waals surface area contributed by atoms with E-state index in [9.17, 15) is 18.0 Å². The summed E-state index contributed by atoms with van der Waals surface area (Å²) in [5.41, 5.74) is 1.03. The zero-order valence-corrected chi connectivity index (χ0v) is 12.9. The molecule has 0 atom stereocenters. The minimum absolute atomic E-state index is 0.290. The molecule has 0 spiro atoms. The van der Waals surface area contributed by atoms with Gasteiger partial charge in [-0.15, -0.1) is 0 Å². The Morgan fingerprint density at radius 2 is 1.62 bits per heavy atom. The maximum absolute atomic E-state index is 13.1. The predicted molar refractivity (Wildman–Crippen MR) is 86.4 cm³/mol. The summed E-state index contributed by atoms with van der Waals surface area (Å²) >= 11 is 0. The first kappa shape index (κ1) is 16.3. The fourth-order valence-electron chi connectivity index (χ4n) is 2.86. The Hall–Kier alpha value is -2.56. The van der Waals surface area contributed by atoms with Gasteiger partial charge in [0.1, 0.15) is 0 Å². The van der Waals surface area contributed by atoms with Crippen LogP contribution in [0.2, 0.25) is 0 Å². The molecular weight excluding hydrogens is 315 g/mol. The average Bonchev–Trinajstić information content (AvgIpc) is 2.61. The van der Waals surface area contributed by atoms with E-state index in [-0.39, 0.29) is 5.56 Å². The molecule has 0 N–H and O–H groups in total. The van der Waals surface area contributed by atoms with Gasteiger partial charge in [-0.2, -0.15) is 13.2 Å². The number of rotatable bonds is 2. The average molecular weight is 331 g/mol. The number of carbonyl (C=O) groups excluding carboxylic acids is 1. The molecule has 0 aromatic heterocycles. The van der Waals surface area contributed by atoms with Crippen LogP contribution in [-0.4, -0.2) is 23.9 Å². The van der Waals surface area contributed by atoms with Gasteiger partial charge in [0.05, 0.1) is 11.1 Å². The molecule has 24 heavy (non-hydrogen) atoms. The van der Waals surface area contributed by atoms with Crippen molar-refractivity contribution in [1.29, 1.82) is 0 Å². The van der Waals surface area contributed by atoms with Crippen molar-refractivity contribution < 1.29 is 18.0 Å². The normalized spacial score (nSPS) is 15.1. The van der Waals surface area contributed by atoms with Gasteiger partial charge in [-0.1, -0.05) is 48.5 Å². The Morgan fingerprint density at radius 3 is 2.25 bits per heavy atom. The van der Waals surface area contributed by atoms with Crippen LogP contribution in [0.3, 0.4) is 0 Å². The SMILES string of the molecule is O=C(c1ccccc1C(F)(F)F)N1CC=C(c2ccccc2)CC1. The summed E-state index contributed by atoms with van der Waals surface area (Å²) < 4.78 is 39.2. The minimum Gasteiger partial charge on any atom is -0.335 e. The highest BCUT2D eigenvalue weighted by Crippen LogP contribution is 2.33. The first-order valence-electron chi connectivity index (χ1n) is 7.67. The van der Waals surface area contributed by atoms with Crippen LogP contribution in [0, 0.1) is 0 Å². The number of hydrogen-bond acceptors (Lipinski definition) is 1. The van der Waals surface area contributed by atoms with Gasteiger partial charge >= 0.3 is 6.18 Å². The minimum atomic E-state index is -4.53. The lowest BCUT2D eigenvalue weighted by atomic mass is 9.98. The molecule has 0 bridgehead atoms. The summed E-state index contributed by atoms with van der Waals surface area (Å²) in [6.45, 7) is 0.723. The second-order valence-corrected chi connectivity index (χ2v) is 5.64. The van der Waals surface area contributed by atoms with Crippen molar-refractivity contribution in [3.8, 4) is 0 Å². The molecule has 2 nitrogen and oxygen atoms in total. The quantitative estimate of drug-likeness (QED) is 0.785. The highest BCUT2D eigenvalue weighted by molar-refractivity contribution is 5.96. The van der Waals surface area contributed by atoms with Crippen molar-refractivity contribution in [2.75, 3.05) is 13.1 Å². The van der Waals surface area contributed by atoms with E-state index in [4.69, 9.17) is 0 Å². The highest BCUT2D eigenvalue weighted by atomic mass is 19.4. The van der Waals surface area contributed by atoms with Crippen molar-refractivity contribution >= 4 is 11.5 Å². The maximum atomic E-state index is 13.1. The molecule has 3 rings (SSSR count). The third-order valence-electron chi connectivity index (χ3n) is 4.10. The Balaban J connectivity index is 1.80. The van der Waals surface area contributed by atoms with Crippen LogP contribution >= 0.6 is 0 Å². The first-order valence-corrected chi connectivity index (χ1v) is 7.67. The van der Waals surface area contributed by atoms with Crippen LogP contribution in [0.15, 0.2) is 60.7 Å². The zero-order chi connectivity index (χ0) is 17.2. The fourth-order valence-corrected chi connectivity index (χ4v) is 2.86. The van der Waals surface area contributed by atoms with Crippen molar-refractivity contribution in [1.82, 2.24) is 4.90 Å². The fraction of sp³-hybridized carbons (Fsp3) is 0.211. The summed E-state index contributed by atoms with van der Waals surface area (Å²) in [6, 6.07) is 14.7. The van der Waals surface area contributed by atoms with Gasteiger partial charge in [0.15, 0.2) is 0 Å². The van der Waals surface area contributed by atoms with E-state index in [1.54, 1.807) is 0 Å². The molecule has 0 radical (unpaired) electrons. The third-order valence-corrected chi connectivity index (χ3v) is 4.10. The largest absolute Gasteiger partial charge is 0.417 e. The number of alkyl halides is 3. The molecule has 1 amide bonds. The number of benzene rings is 2. The van der Waals surface area contributed by atoms with Crippen molar-refractivity contribution in [3.63, 3.8) is 0 Å². The van der Waals surface area contributed by atoms with E-state index in [1.165, 1.54) is 23.1 Å².